The highest BCUT2D eigenvalue weighted by Gasteiger charge is 2.42. The standard InChI is InChI=1S/C24H31NO2/c1-25(2)18-22-13-8-12-21(15-19-9-5-4-6-10-19)24(22,26)17-20-11-7-14-23(16-20)27-3/h4-7,9-11,14-16,22,26H,8,12-13,17-18H2,1-3H3. The van der Waals surface area contributed by atoms with Crippen LogP contribution in [-0.2, 0) is 6.42 Å². The fourth-order valence-corrected chi connectivity index (χ4v) is 4.24. The molecule has 1 fully saturated rings. The number of rotatable bonds is 6. The minimum Gasteiger partial charge on any atom is -0.497 e. The van der Waals surface area contributed by atoms with Crippen LogP contribution in [0.5, 0.6) is 5.75 Å². The molecule has 1 N–H and O–H groups in total. The van der Waals surface area contributed by atoms with Gasteiger partial charge in [-0.25, -0.2) is 0 Å². The van der Waals surface area contributed by atoms with Crippen molar-refractivity contribution in [3.05, 3.63) is 71.3 Å². The first kappa shape index (κ1) is 19.7. The number of methoxy groups -OCH3 is 1. The molecule has 0 bridgehead atoms. The van der Waals surface area contributed by atoms with Crippen LogP contribution in [0.3, 0.4) is 0 Å². The van der Waals surface area contributed by atoms with Crippen molar-refractivity contribution in [1.82, 2.24) is 4.90 Å². The minimum absolute atomic E-state index is 0.211. The van der Waals surface area contributed by atoms with E-state index in [9.17, 15) is 5.11 Å². The van der Waals surface area contributed by atoms with E-state index in [4.69, 9.17) is 4.74 Å². The van der Waals surface area contributed by atoms with Gasteiger partial charge in [0.15, 0.2) is 0 Å². The molecule has 0 aliphatic heterocycles. The molecular formula is C24H31NO2. The highest BCUT2D eigenvalue weighted by atomic mass is 16.5. The van der Waals surface area contributed by atoms with Crippen molar-refractivity contribution in [1.29, 1.82) is 0 Å². The smallest absolute Gasteiger partial charge is 0.119 e. The van der Waals surface area contributed by atoms with E-state index in [0.29, 0.717) is 6.42 Å². The first-order chi connectivity index (χ1) is 13.0. The summed E-state index contributed by atoms with van der Waals surface area (Å²) in [6.45, 7) is 0.882. The lowest BCUT2D eigenvalue weighted by Gasteiger charge is -2.43. The molecular weight excluding hydrogens is 334 g/mol. The SMILES string of the molecule is COc1cccc(CC2(O)C(=Cc3ccccc3)CCCC2CN(C)C)c1. The number of hydrogen-bond acceptors (Lipinski definition) is 3. The van der Waals surface area contributed by atoms with Gasteiger partial charge in [0.25, 0.3) is 0 Å². The van der Waals surface area contributed by atoms with Gasteiger partial charge in [-0.3, -0.25) is 0 Å². The molecule has 2 atom stereocenters. The Bertz CT molecular complexity index is 769. The molecule has 27 heavy (non-hydrogen) atoms. The Morgan fingerprint density at radius 2 is 1.93 bits per heavy atom. The fourth-order valence-electron chi connectivity index (χ4n) is 4.24. The van der Waals surface area contributed by atoms with E-state index >= 15 is 0 Å². The molecule has 0 saturated heterocycles. The van der Waals surface area contributed by atoms with Gasteiger partial charge in [0.1, 0.15) is 5.75 Å². The summed E-state index contributed by atoms with van der Waals surface area (Å²) in [6, 6.07) is 18.4. The zero-order chi connectivity index (χ0) is 19.3. The quantitative estimate of drug-likeness (QED) is 0.823. The predicted molar refractivity (Wildman–Crippen MR) is 112 cm³/mol. The van der Waals surface area contributed by atoms with Crippen LogP contribution in [0, 0.1) is 5.92 Å². The Kier molecular flexibility index (Phi) is 6.35. The molecule has 0 amide bonds. The topological polar surface area (TPSA) is 32.7 Å². The summed E-state index contributed by atoms with van der Waals surface area (Å²) >= 11 is 0. The Morgan fingerprint density at radius 1 is 1.15 bits per heavy atom. The molecule has 3 rings (SSSR count). The molecule has 1 saturated carbocycles. The van der Waals surface area contributed by atoms with Gasteiger partial charge in [-0.15, -0.1) is 0 Å². The van der Waals surface area contributed by atoms with Crippen molar-refractivity contribution in [2.75, 3.05) is 27.7 Å². The van der Waals surface area contributed by atoms with E-state index in [1.807, 2.05) is 36.4 Å². The second kappa shape index (κ2) is 8.73. The van der Waals surface area contributed by atoms with Gasteiger partial charge in [0.05, 0.1) is 12.7 Å². The first-order valence-corrected chi connectivity index (χ1v) is 9.77. The van der Waals surface area contributed by atoms with Crippen LogP contribution < -0.4 is 4.74 Å². The van der Waals surface area contributed by atoms with Crippen LogP contribution >= 0.6 is 0 Å². The molecule has 2 unspecified atom stereocenters. The summed E-state index contributed by atoms with van der Waals surface area (Å²) in [4.78, 5) is 2.19. The van der Waals surface area contributed by atoms with Crippen molar-refractivity contribution < 1.29 is 9.84 Å². The molecule has 0 spiro atoms. The van der Waals surface area contributed by atoms with E-state index < -0.39 is 5.60 Å². The van der Waals surface area contributed by atoms with E-state index in [1.165, 1.54) is 0 Å². The van der Waals surface area contributed by atoms with Crippen molar-refractivity contribution >= 4 is 6.08 Å². The maximum absolute atomic E-state index is 12.0. The van der Waals surface area contributed by atoms with Crippen LogP contribution in [0.1, 0.15) is 30.4 Å². The third-order valence-electron chi connectivity index (χ3n) is 5.56. The number of hydrogen-bond donors (Lipinski definition) is 1. The van der Waals surface area contributed by atoms with Gasteiger partial charge in [-0.1, -0.05) is 48.5 Å². The van der Waals surface area contributed by atoms with Gasteiger partial charge >= 0.3 is 0 Å². The first-order valence-electron chi connectivity index (χ1n) is 9.77. The van der Waals surface area contributed by atoms with Crippen LogP contribution in [0.15, 0.2) is 60.2 Å². The van der Waals surface area contributed by atoms with Crippen LogP contribution in [0.4, 0.5) is 0 Å². The van der Waals surface area contributed by atoms with Crippen molar-refractivity contribution in [2.45, 2.75) is 31.3 Å². The van der Waals surface area contributed by atoms with E-state index in [2.05, 4.69) is 43.3 Å². The van der Waals surface area contributed by atoms with Crippen molar-refractivity contribution in [2.24, 2.45) is 5.92 Å². The van der Waals surface area contributed by atoms with Crippen LogP contribution in [0.25, 0.3) is 6.08 Å². The molecule has 1 aliphatic rings. The van der Waals surface area contributed by atoms with Crippen molar-refractivity contribution in [3.63, 3.8) is 0 Å². The molecule has 3 nitrogen and oxygen atoms in total. The fraction of sp³-hybridized carbons (Fsp3) is 0.417. The average molecular weight is 366 g/mol. The number of ether oxygens (including phenoxy) is 1. The second-order valence-electron chi connectivity index (χ2n) is 7.88. The maximum Gasteiger partial charge on any atom is 0.119 e. The molecule has 2 aromatic carbocycles. The highest BCUT2D eigenvalue weighted by Crippen LogP contribution is 2.42. The van der Waals surface area contributed by atoms with E-state index in [1.54, 1.807) is 7.11 Å². The normalized spacial score (nSPS) is 24.3. The Balaban J connectivity index is 1.98. The molecule has 0 radical (unpaired) electrons. The van der Waals surface area contributed by atoms with Gasteiger partial charge < -0.3 is 14.7 Å². The lowest BCUT2D eigenvalue weighted by atomic mass is 9.68. The van der Waals surface area contributed by atoms with Crippen molar-refractivity contribution in [3.8, 4) is 5.75 Å². The van der Waals surface area contributed by atoms with Gasteiger partial charge in [0.2, 0.25) is 0 Å². The summed E-state index contributed by atoms with van der Waals surface area (Å²) in [5, 5.41) is 12.0. The highest BCUT2D eigenvalue weighted by molar-refractivity contribution is 5.56. The Hall–Kier alpha value is -2.10. The molecule has 1 aliphatic carbocycles. The van der Waals surface area contributed by atoms with Crippen LogP contribution in [0.2, 0.25) is 0 Å². The molecule has 0 heterocycles. The number of aliphatic hydroxyl groups is 1. The minimum atomic E-state index is -0.843. The van der Waals surface area contributed by atoms with Gasteiger partial charge in [-0.05, 0) is 62.2 Å². The maximum atomic E-state index is 12.0. The van der Waals surface area contributed by atoms with E-state index in [-0.39, 0.29) is 5.92 Å². The van der Waals surface area contributed by atoms with Gasteiger partial charge in [0, 0.05) is 18.9 Å². The summed E-state index contributed by atoms with van der Waals surface area (Å²) in [7, 11) is 5.85. The largest absolute Gasteiger partial charge is 0.497 e. The molecule has 144 valence electrons. The van der Waals surface area contributed by atoms with E-state index in [0.717, 1.165) is 48.3 Å². The Morgan fingerprint density at radius 3 is 2.63 bits per heavy atom. The Labute approximate surface area is 163 Å². The zero-order valence-electron chi connectivity index (χ0n) is 16.7. The monoisotopic (exact) mass is 365 g/mol. The van der Waals surface area contributed by atoms with Gasteiger partial charge in [-0.2, -0.15) is 0 Å². The molecule has 0 aromatic heterocycles. The van der Waals surface area contributed by atoms with Crippen LogP contribution in [-0.4, -0.2) is 43.4 Å². The summed E-state index contributed by atoms with van der Waals surface area (Å²) in [5.74, 6) is 1.05. The second-order valence-corrected chi connectivity index (χ2v) is 7.88. The molecule has 2 aromatic rings. The predicted octanol–water partition coefficient (Wildman–Crippen LogP) is 4.41. The zero-order valence-corrected chi connectivity index (χ0v) is 16.7. The average Bonchev–Trinajstić information content (AvgIpc) is 2.66. The third-order valence-corrected chi connectivity index (χ3v) is 5.56. The summed E-state index contributed by atoms with van der Waals surface area (Å²) in [5.41, 5.74) is 2.57. The lowest BCUT2D eigenvalue weighted by Crippen LogP contribution is -2.48. The number of benzene rings is 2. The summed E-state index contributed by atoms with van der Waals surface area (Å²) < 4.78 is 5.39. The number of nitrogens with zero attached hydrogens (tertiary/aromatic N) is 1. The third kappa shape index (κ3) is 4.79. The molecule has 3 heteroatoms. The summed E-state index contributed by atoms with van der Waals surface area (Å²) in [6.07, 6.45) is 5.92. The lowest BCUT2D eigenvalue weighted by molar-refractivity contribution is -0.0123.